The second kappa shape index (κ2) is 9.72. The van der Waals surface area contributed by atoms with Crippen LogP contribution in [-0.2, 0) is 15.3 Å². The Bertz CT molecular complexity index is 1240. The van der Waals surface area contributed by atoms with E-state index in [9.17, 15) is 14.4 Å². The standard InChI is InChI=1S/C23H28N4O4S2/c1-13-14(2)33-21-19(13)20(28)24-18(25-21)12-32-15(3)22(29)26-10-7-16(8-11-26)27-9-5-6-17(27)23(30)31-4/h5-6,9,15-16H,7-8,10-12H2,1-4H3,(H,24,25,28). The first-order valence-electron chi connectivity index (χ1n) is 10.9. The molecule has 33 heavy (non-hydrogen) atoms. The third-order valence-corrected chi connectivity index (χ3v) is 8.49. The molecule has 4 rings (SSSR count). The number of methoxy groups -OCH3 is 1. The molecule has 0 radical (unpaired) electrons. The van der Waals surface area contributed by atoms with E-state index in [1.54, 1.807) is 6.07 Å². The van der Waals surface area contributed by atoms with E-state index in [2.05, 4.69) is 9.97 Å². The summed E-state index contributed by atoms with van der Waals surface area (Å²) in [6, 6.07) is 3.77. The number of rotatable bonds is 6. The number of thiophene rings is 1. The van der Waals surface area contributed by atoms with E-state index in [0.717, 1.165) is 28.1 Å². The number of aryl methyl sites for hydroxylation is 2. The van der Waals surface area contributed by atoms with Gasteiger partial charge in [0, 0.05) is 30.2 Å². The Balaban J connectivity index is 1.34. The van der Waals surface area contributed by atoms with Crippen molar-refractivity contribution in [2.24, 2.45) is 0 Å². The highest BCUT2D eigenvalue weighted by atomic mass is 32.2. The molecule has 1 aliphatic heterocycles. The maximum atomic E-state index is 13.0. The van der Waals surface area contributed by atoms with Crippen LogP contribution >= 0.6 is 23.1 Å². The number of piperidine rings is 1. The zero-order valence-corrected chi connectivity index (χ0v) is 20.8. The predicted octanol–water partition coefficient (Wildman–Crippen LogP) is 3.67. The summed E-state index contributed by atoms with van der Waals surface area (Å²) in [6.45, 7) is 7.11. The Hall–Kier alpha value is -2.59. The van der Waals surface area contributed by atoms with Crippen molar-refractivity contribution in [1.29, 1.82) is 0 Å². The fourth-order valence-electron chi connectivity index (χ4n) is 4.25. The van der Waals surface area contributed by atoms with Crippen molar-refractivity contribution in [3.05, 3.63) is 50.6 Å². The van der Waals surface area contributed by atoms with Crippen molar-refractivity contribution in [2.75, 3.05) is 20.2 Å². The van der Waals surface area contributed by atoms with Gasteiger partial charge in [-0.3, -0.25) is 9.59 Å². The average Bonchev–Trinajstić information content (AvgIpc) is 3.41. The predicted molar refractivity (Wildman–Crippen MR) is 131 cm³/mol. The summed E-state index contributed by atoms with van der Waals surface area (Å²) in [6.07, 6.45) is 3.46. The third-order valence-electron chi connectivity index (χ3n) is 6.25. The third kappa shape index (κ3) is 4.72. The van der Waals surface area contributed by atoms with Crippen LogP contribution in [0, 0.1) is 13.8 Å². The molecule has 1 unspecified atom stereocenters. The lowest BCUT2D eigenvalue weighted by Gasteiger charge is -2.34. The van der Waals surface area contributed by atoms with Crippen LogP contribution in [0.3, 0.4) is 0 Å². The zero-order valence-electron chi connectivity index (χ0n) is 19.2. The number of nitrogens with zero attached hydrogens (tertiary/aromatic N) is 3. The van der Waals surface area contributed by atoms with Gasteiger partial charge >= 0.3 is 5.97 Å². The summed E-state index contributed by atoms with van der Waals surface area (Å²) in [5.74, 6) is 0.808. The molecule has 8 nitrogen and oxygen atoms in total. The van der Waals surface area contributed by atoms with Gasteiger partial charge in [-0.1, -0.05) is 0 Å². The van der Waals surface area contributed by atoms with Crippen molar-refractivity contribution < 1.29 is 14.3 Å². The number of aromatic nitrogens is 3. The first-order valence-corrected chi connectivity index (χ1v) is 12.8. The molecule has 176 valence electrons. The minimum absolute atomic E-state index is 0.0883. The number of carbonyl (C=O) groups is 2. The molecule has 3 aromatic rings. The molecule has 0 aliphatic carbocycles. The molecular formula is C23H28N4O4S2. The number of thioether (sulfide) groups is 1. The summed E-state index contributed by atoms with van der Waals surface area (Å²) in [4.78, 5) is 48.6. The molecule has 1 N–H and O–H groups in total. The number of carbonyl (C=O) groups excluding carboxylic acids is 2. The number of esters is 1. The number of H-pyrrole nitrogens is 1. The largest absolute Gasteiger partial charge is 0.464 e. The molecule has 1 atom stereocenters. The van der Waals surface area contributed by atoms with Gasteiger partial charge in [0.05, 0.1) is 23.5 Å². The molecule has 0 spiro atoms. The monoisotopic (exact) mass is 488 g/mol. The van der Waals surface area contributed by atoms with Gasteiger partial charge in [0.2, 0.25) is 5.91 Å². The Morgan fingerprint density at radius 1 is 1.33 bits per heavy atom. The normalized spacial score (nSPS) is 15.7. The molecule has 4 heterocycles. The quantitative estimate of drug-likeness (QED) is 0.532. The van der Waals surface area contributed by atoms with Crippen molar-refractivity contribution in [3.8, 4) is 0 Å². The van der Waals surface area contributed by atoms with E-state index >= 15 is 0 Å². The summed E-state index contributed by atoms with van der Waals surface area (Å²) in [7, 11) is 1.38. The zero-order chi connectivity index (χ0) is 23.7. The number of fused-ring (bicyclic) bond motifs is 1. The highest BCUT2D eigenvalue weighted by Gasteiger charge is 2.28. The van der Waals surface area contributed by atoms with Crippen LogP contribution in [0.4, 0.5) is 0 Å². The lowest BCUT2D eigenvalue weighted by Crippen LogP contribution is -2.42. The van der Waals surface area contributed by atoms with Crippen molar-refractivity contribution >= 4 is 45.2 Å². The van der Waals surface area contributed by atoms with Crippen LogP contribution < -0.4 is 5.56 Å². The number of hydrogen-bond acceptors (Lipinski definition) is 7. The maximum Gasteiger partial charge on any atom is 0.354 e. The second-order valence-electron chi connectivity index (χ2n) is 8.28. The first kappa shape index (κ1) is 23.6. The molecule has 0 aromatic carbocycles. The van der Waals surface area contributed by atoms with Crippen molar-refractivity contribution in [3.63, 3.8) is 0 Å². The van der Waals surface area contributed by atoms with Gasteiger partial charge in [0.1, 0.15) is 16.3 Å². The van der Waals surface area contributed by atoms with Gasteiger partial charge in [0.25, 0.3) is 5.56 Å². The maximum absolute atomic E-state index is 13.0. The Morgan fingerprint density at radius 3 is 2.76 bits per heavy atom. The van der Waals surface area contributed by atoms with E-state index in [0.29, 0.717) is 35.7 Å². The highest BCUT2D eigenvalue weighted by molar-refractivity contribution is 7.99. The van der Waals surface area contributed by atoms with Gasteiger partial charge in [-0.15, -0.1) is 23.1 Å². The molecule has 1 fully saturated rings. The van der Waals surface area contributed by atoms with Crippen molar-refractivity contribution in [1.82, 2.24) is 19.4 Å². The fourth-order valence-corrected chi connectivity index (χ4v) is 6.14. The van der Waals surface area contributed by atoms with Crippen LogP contribution in [0.25, 0.3) is 10.2 Å². The highest BCUT2D eigenvalue weighted by Crippen LogP contribution is 2.28. The molecule has 3 aromatic heterocycles. The van der Waals surface area contributed by atoms with Crippen LogP contribution in [0.1, 0.15) is 52.6 Å². The van der Waals surface area contributed by atoms with E-state index in [-0.39, 0.29) is 28.7 Å². The van der Waals surface area contributed by atoms with Crippen molar-refractivity contribution in [2.45, 2.75) is 50.7 Å². The lowest BCUT2D eigenvalue weighted by molar-refractivity contribution is -0.131. The molecule has 1 amide bonds. The van der Waals surface area contributed by atoms with Gasteiger partial charge in [-0.25, -0.2) is 9.78 Å². The van der Waals surface area contributed by atoms with Crippen LogP contribution in [-0.4, -0.2) is 56.8 Å². The molecule has 1 aliphatic rings. The van der Waals surface area contributed by atoms with Gasteiger partial charge in [-0.2, -0.15) is 0 Å². The van der Waals surface area contributed by atoms with E-state index in [1.165, 1.54) is 30.2 Å². The first-order chi connectivity index (χ1) is 15.8. The van der Waals surface area contributed by atoms with E-state index in [4.69, 9.17) is 4.74 Å². The number of hydrogen-bond donors (Lipinski definition) is 1. The number of ether oxygens (including phenoxy) is 1. The van der Waals surface area contributed by atoms with Gasteiger partial charge < -0.3 is 19.2 Å². The Labute approximate surface area is 200 Å². The molecule has 0 bridgehead atoms. The number of nitrogens with one attached hydrogen (secondary N) is 1. The fraction of sp³-hybridized carbons (Fsp3) is 0.478. The van der Waals surface area contributed by atoms with Gasteiger partial charge in [0.15, 0.2) is 0 Å². The molecule has 1 saturated heterocycles. The van der Waals surface area contributed by atoms with Crippen LogP contribution in [0.2, 0.25) is 0 Å². The minimum atomic E-state index is -0.346. The SMILES string of the molecule is COC(=O)c1cccn1C1CCN(C(=O)C(C)SCc2nc3sc(C)c(C)c3c(=O)[nH]2)CC1. The summed E-state index contributed by atoms with van der Waals surface area (Å²) in [5, 5.41) is 0.419. The Morgan fingerprint density at radius 2 is 2.06 bits per heavy atom. The van der Waals surface area contributed by atoms with E-state index in [1.807, 2.05) is 42.5 Å². The lowest BCUT2D eigenvalue weighted by atomic mass is 10.0. The Kier molecular flexibility index (Phi) is 6.94. The average molecular weight is 489 g/mol. The van der Waals surface area contributed by atoms with Crippen LogP contribution in [0.5, 0.6) is 0 Å². The smallest absolute Gasteiger partial charge is 0.354 e. The second-order valence-corrected chi connectivity index (χ2v) is 10.8. The van der Waals surface area contributed by atoms with Gasteiger partial charge in [-0.05, 0) is 51.3 Å². The summed E-state index contributed by atoms with van der Waals surface area (Å²) < 4.78 is 6.82. The minimum Gasteiger partial charge on any atom is -0.464 e. The number of amides is 1. The topological polar surface area (TPSA) is 97.3 Å². The van der Waals surface area contributed by atoms with Crippen LogP contribution in [0.15, 0.2) is 23.1 Å². The molecule has 10 heteroatoms. The number of likely N-dealkylation sites (tertiary alicyclic amines) is 1. The number of aromatic amines is 1. The summed E-state index contributed by atoms with van der Waals surface area (Å²) >= 11 is 3.01. The molecule has 0 saturated carbocycles. The van der Waals surface area contributed by atoms with E-state index < -0.39 is 0 Å². The summed E-state index contributed by atoms with van der Waals surface area (Å²) in [5.41, 5.74) is 1.41. The molecular weight excluding hydrogens is 460 g/mol.